The molecule has 0 amide bonds. The molecule has 1 rings (SSSR count). The second-order valence-electron chi connectivity index (χ2n) is 3.59. The van der Waals surface area contributed by atoms with Crippen molar-refractivity contribution < 1.29 is 9.50 Å². The van der Waals surface area contributed by atoms with Gasteiger partial charge in [-0.15, -0.1) is 0 Å². The minimum Gasteiger partial charge on any atom is -0.389 e. The third kappa shape index (κ3) is 2.67. The summed E-state index contributed by atoms with van der Waals surface area (Å²) in [6.45, 7) is 5.36. The number of aryl methyl sites for hydroxylation is 1. The highest BCUT2D eigenvalue weighted by Crippen LogP contribution is 2.15. The normalized spacial score (nSPS) is 14.2. The van der Waals surface area contributed by atoms with Crippen LogP contribution in [0.2, 0.25) is 0 Å². The van der Waals surface area contributed by atoms with Crippen LogP contribution < -0.4 is 0 Å². The third-order valence-electron chi connectivity index (χ3n) is 2.19. The molecule has 1 atom stereocenters. The van der Waals surface area contributed by atoms with Crippen molar-refractivity contribution in [1.82, 2.24) is 0 Å². The number of hydrogen-bond acceptors (Lipinski definition) is 1. The molecule has 0 spiro atoms. The summed E-state index contributed by atoms with van der Waals surface area (Å²) in [6.07, 6.45) is 1.14. The Labute approximate surface area is 83.9 Å². The van der Waals surface area contributed by atoms with Crippen LogP contribution in [0.4, 0.5) is 4.39 Å². The van der Waals surface area contributed by atoms with E-state index in [1.54, 1.807) is 32.1 Å². The molecule has 0 aliphatic rings. The van der Waals surface area contributed by atoms with Crippen LogP contribution in [0.1, 0.15) is 25.0 Å². The van der Waals surface area contributed by atoms with Crippen molar-refractivity contribution in [1.29, 1.82) is 0 Å². The summed E-state index contributed by atoms with van der Waals surface area (Å²) in [6, 6.07) is 4.93. The lowest BCUT2D eigenvalue weighted by molar-refractivity contribution is 0.232. The lowest BCUT2D eigenvalue weighted by atomic mass is 10.1. The van der Waals surface area contributed by atoms with Gasteiger partial charge >= 0.3 is 0 Å². The van der Waals surface area contributed by atoms with E-state index in [2.05, 4.69) is 0 Å². The number of rotatable bonds is 2. The highest BCUT2D eigenvalue weighted by atomic mass is 19.1. The summed E-state index contributed by atoms with van der Waals surface area (Å²) >= 11 is 0. The van der Waals surface area contributed by atoms with E-state index in [0.29, 0.717) is 5.56 Å². The SMILES string of the molecule is C/C(=C\c1cc(C)ccc1F)C(C)O. The van der Waals surface area contributed by atoms with Gasteiger partial charge in [0, 0.05) is 5.56 Å². The molecule has 1 N–H and O–H groups in total. The first-order valence-corrected chi connectivity index (χ1v) is 4.63. The van der Waals surface area contributed by atoms with Crippen molar-refractivity contribution >= 4 is 6.08 Å². The molecule has 0 saturated carbocycles. The fourth-order valence-electron chi connectivity index (χ4n) is 1.14. The monoisotopic (exact) mass is 194 g/mol. The zero-order chi connectivity index (χ0) is 10.7. The molecule has 0 saturated heterocycles. The van der Waals surface area contributed by atoms with Crippen molar-refractivity contribution in [2.45, 2.75) is 26.9 Å². The highest BCUT2D eigenvalue weighted by Gasteiger charge is 2.02. The Kier molecular flexibility index (Phi) is 3.42. The zero-order valence-electron chi connectivity index (χ0n) is 8.71. The van der Waals surface area contributed by atoms with Crippen molar-refractivity contribution in [3.63, 3.8) is 0 Å². The Morgan fingerprint density at radius 1 is 1.50 bits per heavy atom. The summed E-state index contributed by atoms with van der Waals surface area (Å²) in [5.41, 5.74) is 2.30. The lowest BCUT2D eigenvalue weighted by Gasteiger charge is -2.05. The van der Waals surface area contributed by atoms with Crippen molar-refractivity contribution in [3.8, 4) is 0 Å². The lowest BCUT2D eigenvalue weighted by Crippen LogP contribution is -2.00. The Hall–Kier alpha value is -1.15. The van der Waals surface area contributed by atoms with Gasteiger partial charge in [0.2, 0.25) is 0 Å². The fraction of sp³-hybridized carbons (Fsp3) is 0.333. The maximum Gasteiger partial charge on any atom is 0.130 e. The largest absolute Gasteiger partial charge is 0.389 e. The predicted molar refractivity (Wildman–Crippen MR) is 56.5 cm³/mol. The topological polar surface area (TPSA) is 20.2 Å². The predicted octanol–water partition coefficient (Wildman–Crippen LogP) is 2.92. The van der Waals surface area contributed by atoms with Crippen LogP contribution >= 0.6 is 0 Å². The van der Waals surface area contributed by atoms with E-state index in [-0.39, 0.29) is 5.82 Å². The minimum absolute atomic E-state index is 0.254. The molecule has 76 valence electrons. The second-order valence-corrected chi connectivity index (χ2v) is 3.59. The van der Waals surface area contributed by atoms with Crippen LogP contribution in [0.5, 0.6) is 0 Å². The van der Waals surface area contributed by atoms with Crippen LogP contribution in [0, 0.1) is 12.7 Å². The molecule has 0 aromatic heterocycles. The quantitative estimate of drug-likeness (QED) is 0.767. The van der Waals surface area contributed by atoms with Crippen molar-refractivity contribution in [2.24, 2.45) is 0 Å². The minimum atomic E-state index is -0.532. The van der Waals surface area contributed by atoms with Gasteiger partial charge in [0.25, 0.3) is 0 Å². The van der Waals surface area contributed by atoms with Crippen molar-refractivity contribution in [2.75, 3.05) is 0 Å². The summed E-state index contributed by atoms with van der Waals surface area (Å²) < 4.78 is 13.3. The molecular formula is C12H15FO. The van der Waals surface area contributed by atoms with Gasteiger partial charge in [0.15, 0.2) is 0 Å². The molecule has 14 heavy (non-hydrogen) atoms. The van der Waals surface area contributed by atoms with Gasteiger partial charge in [-0.25, -0.2) is 4.39 Å². The van der Waals surface area contributed by atoms with E-state index >= 15 is 0 Å². The number of hydrogen-bond donors (Lipinski definition) is 1. The van der Waals surface area contributed by atoms with Crippen LogP contribution in [-0.2, 0) is 0 Å². The number of halogens is 1. The highest BCUT2D eigenvalue weighted by molar-refractivity contribution is 5.54. The Balaban J connectivity index is 3.07. The number of aliphatic hydroxyl groups is 1. The Bertz CT molecular complexity index is 353. The molecule has 0 aliphatic carbocycles. The van der Waals surface area contributed by atoms with E-state index in [9.17, 15) is 9.50 Å². The summed E-state index contributed by atoms with van der Waals surface area (Å²) in [5.74, 6) is -0.254. The maximum absolute atomic E-state index is 13.3. The first kappa shape index (κ1) is 10.9. The first-order chi connectivity index (χ1) is 6.50. The molecule has 0 fully saturated rings. The average molecular weight is 194 g/mol. The van der Waals surface area contributed by atoms with Crippen LogP contribution in [0.15, 0.2) is 23.8 Å². The van der Waals surface area contributed by atoms with E-state index in [4.69, 9.17) is 0 Å². The number of benzene rings is 1. The summed E-state index contributed by atoms with van der Waals surface area (Å²) in [4.78, 5) is 0. The first-order valence-electron chi connectivity index (χ1n) is 4.63. The van der Waals surface area contributed by atoms with Gasteiger partial charge in [0.05, 0.1) is 6.10 Å². The molecule has 2 heteroatoms. The summed E-state index contributed by atoms with van der Waals surface area (Å²) in [7, 11) is 0. The van der Waals surface area contributed by atoms with Gasteiger partial charge in [-0.3, -0.25) is 0 Å². The van der Waals surface area contributed by atoms with E-state index in [0.717, 1.165) is 11.1 Å². The molecule has 1 nitrogen and oxygen atoms in total. The molecule has 0 heterocycles. The van der Waals surface area contributed by atoms with Gasteiger partial charge in [-0.05, 0) is 38.5 Å². The molecule has 0 bridgehead atoms. The Morgan fingerprint density at radius 3 is 2.71 bits per heavy atom. The molecule has 1 unspecified atom stereocenters. The van der Waals surface area contributed by atoms with Gasteiger partial charge < -0.3 is 5.11 Å². The number of aliphatic hydroxyl groups excluding tert-OH is 1. The van der Waals surface area contributed by atoms with E-state index < -0.39 is 6.10 Å². The van der Waals surface area contributed by atoms with Crippen LogP contribution in [-0.4, -0.2) is 11.2 Å². The van der Waals surface area contributed by atoms with Crippen LogP contribution in [0.3, 0.4) is 0 Å². The standard InChI is InChI=1S/C12H15FO/c1-8-4-5-12(13)11(6-8)7-9(2)10(3)14/h4-7,10,14H,1-3H3/b9-7+. The fourth-order valence-corrected chi connectivity index (χ4v) is 1.14. The maximum atomic E-state index is 13.3. The smallest absolute Gasteiger partial charge is 0.130 e. The average Bonchev–Trinajstić information content (AvgIpc) is 2.11. The molecule has 0 radical (unpaired) electrons. The van der Waals surface area contributed by atoms with E-state index in [1.165, 1.54) is 6.07 Å². The zero-order valence-corrected chi connectivity index (χ0v) is 8.71. The van der Waals surface area contributed by atoms with Crippen LogP contribution in [0.25, 0.3) is 6.08 Å². The molecule has 0 aliphatic heterocycles. The Morgan fingerprint density at radius 2 is 2.14 bits per heavy atom. The van der Waals surface area contributed by atoms with Gasteiger partial charge in [-0.2, -0.15) is 0 Å². The second kappa shape index (κ2) is 4.38. The van der Waals surface area contributed by atoms with Gasteiger partial charge in [-0.1, -0.05) is 17.7 Å². The van der Waals surface area contributed by atoms with E-state index in [1.807, 2.05) is 6.92 Å². The van der Waals surface area contributed by atoms with Gasteiger partial charge in [0.1, 0.15) is 5.82 Å². The molecule has 1 aromatic rings. The molecule has 1 aromatic carbocycles. The molecular weight excluding hydrogens is 179 g/mol. The van der Waals surface area contributed by atoms with Crippen molar-refractivity contribution in [3.05, 3.63) is 40.7 Å². The summed E-state index contributed by atoms with van der Waals surface area (Å²) in [5, 5.41) is 9.25. The third-order valence-corrected chi connectivity index (χ3v) is 2.19.